The molecule has 1 aliphatic rings. The lowest BCUT2D eigenvalue weighted by Gasteiger charge is -2.08. The molecule has 0 heterocycles. The number of para-hydroxylation sites is 1. The van der Waals surface area contributed by atoms with Crippen LogP contribution < -0.4 is 5.32 Å². The first kappa shape index (κ1) is 11.9. The number of nitro groups is 1. The van der Waals surface area contributed by atoms with Crippen molar-refractivity contribution in [3.05, 3.63) is 33.9 Å². The fourth-order valence-electron chi connectivity index (χ4n) is 2.06. The number of nitro benzene ring substituents is 1. The van der Waals surface area contributed by atoms with Crippen LogP contribution in [0.3, 0.4) is 0 Å². The third-order valence-corrected chi connectivity index (χ3v) is 3.22. The second-order valence-corrected chi connectivity index (χ2v) is 4.74. The van der Waals surface area contributed by atoms with Gasteiger partial charge in [0.25, 0.3) is 5.69 Å². The Morgan fingerprint density at radius 1 is 1.47 bits per heavy atom. The number of hydrogen-bond donors (Lipinski definition) is 1. The second kappa shape index (κ2) is 5.17. The molecule has 0 atom stereocenters. The van der Waals surface area contributed by atoms with Crippen molar-refractivity contribution in [3.63, 3.8) is 0 Å². The van der Waals surface area contributed by atoms with Crippen molar-refractivity contribution in [2.24, 2.45) is 5.92 Å². The number of rotatable bonds is 6. The molecular formula is C13H18N2O2. The molecule has 1 fully saturated rings. The van der Waals surface area contributed by atoms with Crippen LogP contribution in [0.15, 0.2) is 18.2 Å². The third kappa shape index (κ3) is 3.19. The summed E-state index contributed by atoms with van der Waals surface area (Å²) in [7, 11) is 0. The highest BCUT2D eigenvalue weighted by molar-refractivity contribution is 5.64. The summed E-state index contributed by atoms with van der Waals surface area (Å²) < 4.78 is 0. The lowest BCUT2D eigenvalue weighted by atomic mass is 10.1. The molecule has 0 amide bonds. The Bertz CT molecular complexity index is 414. The van der Waals surface area contributed by atoms with Gasteiger partial charge in [-0.3, -0.25) is 10.1 Å². The van der Waals surface area contributed by atoms with Crippen LogP contribution in [0.1, 0.15) is 31.2 Å². The lowest BCUT2D eigenvalue weighted by molar-refractivity contribution is -0.384. The Morgan fingerprint density at radius 3 is 2.88 bits per heavy atom. The summed E-state index contributed by atoms with van der Waals surface area (Å²) in [5.41, 5.74) is 1.56. The third-order valence-electron chi connectivity index (χ3n) is 3.22. The summed E-state index contributed by atoms with van der Waals surface area (Å²) in [5.74, 6) is 0.921. The molecule has 1 N–H and O–H groups in total. The van der Waals surface area contributed by atoms with Crippen molar-refractivity contribution in [1.82, 2.24) is 0 Å². The summed E-state index contributed by atoms with van der Waals surface area (Å²) in [4.78, 5) is 10.7. The Hall–Kier alpha value is -1.58. The zero-order valence-electron chi connectivity index (χ0n) is 10.1. The van der Waals surface area contributed by atoms with E-state index >= 15 is 0 Å². The van der Waals surface area contributed by atoms with Gasteiger partial charge in [-0.15, -0.1) is 0 Å². The quantitative estimate of drug-likeness (QED) is 0.465. The Balaban J connectivity index is 1.93. The molecule has 4 nitrogen and oxygen atoms in total. The highest BCUT2D eigenvalue weighted by atomic mass is 16.6. The monoisotopic (exact) mass is 234 g/mol. The molecule has 1 aromatic carbocycles. The van der Waals surface area contributed by atoms with Gasteiger partial charge in [-0.05, 0) is 31.7 Å². The van der Waals surface area contributed by atoms with E-state index in [9.17, 15) is 10.1 Å². The first-order chi connectivity index (χ1) is 8.18. The number of nitrogens with one attached hydrogen (secondary N) is 1. The van der Waals surface area contributed by atoms with Crippen LogP contribution in [0.5, 0.6) is 0 Å². The number of aryl methyl sites for hydroxylation is 1. The molecule has 0 aliphatic heterocycles. The first-order valence-electron chi connectivity index (χ1n) is 6.16. The molecule has 1 aliphatic carbocycles. The van der Waals surface area contributed by atoms with Crippen molar-refractivity contribution >= 4 is 11.4 Å². The van der Waals surface area contributed by atoms with E-state index in [2.05, 4.69) is 5.32 Å². The molecule has 92 valence electrons. The van der Waals surface area contributed by atoms with Crippen LogP contribution in [-0.4, -0.2) is 11.5 Å². The van der Waals surface area contributed by atoms with E-state index in [4.69, 9.17) is 0 Å². The summed E-state index contributed by atoms with van der Waals surface area (Å²) in [6.45, 7) is 2.59. The summed E-state index contributed by atoms with van der Waals surface area (Å²) in [6.07, 6.45) is 5.07. The molecule has 0 saturated heterocycles. The maximum absolute atomic E-state index is 11.0. The molecule has 1 aromatic rings. The van der Waals surface area contributed by atoms with E-state index in [-0.39, 0.29) is 10.6 Å². The van der Waals surface area contributed by atoms with Crippen LogP contribution in [0.2, 0.25) is 0 Å². The van der Waals surface area contributed by atoms with Gasteiger partial charge in [-0.1, -0.05) is 25.0 Å². The lowest BCUT2D eigenvalue weighted by Crippen LogP contribution is -2.05. The fourth-order valence-corrected chi connectivity index (χ4v) is 2.06. The van der Waals surface area contributed by atoms with Crippen molar-refractivity contribution in [2.75, 3.05) is 11.9 Å². The van der Waals surface area contributed by atoms with Crippen LogP contribution >= 0.6 is 0 Å². The van der Waals surface area contributed by atoms with E-state index in [1.165, 1.54) is 19.3 Å². The normalized spacial score (nSPS) is 14.6. The van der Waals surface area contributed by atoms with Crippen molar-refractivity contribution in [2.45, 2.75) is 32.6 Å². The Kier molecular flexibility index (Phi) is 3.61. The second-order valence-electron chi connectivity index (χ2n) is 4.74. The minimum atomic E-state index is -0.307. The van der Waals surface area contributed by atoms with Gasteiger partial charge in [-0.2, -0.15) is 0 Å². The SMILES string of the molecule is Cc1cccc(NCCCC2CC2)c1[N+](=O)[O-]. The Morgan fingerprint density at radius 2 is 2.24 bits per heavy atom. The number of nitrogens with zero attached hydrogens (tertiary/aromatic N) is 1. The molecule has 0 unspecified atom stereocenters. The van der Waals surface area contributed by atoms with E-state index in [0.717, 1.165) is 18.9 Å². The van der Waals surface area contributed by atoms with Gasteiger partial charge in [0, 0.05) is 12.1 Å². The zero-order valence-corrected chi connectivity index (χ0v) is 10.1. The molecule has 0 radical (unpaired) electrons. The molecule has 2 rings (SSSR count). The Labute approximate surface area is 101 Å². The van der Waals surface area contributed by atoms with Gasteiger partial charge in [-0.25, -0.2) is 0 Å². The average Bonchev–Trinajstić information content (AvgIpc) is 3.07. The maximum Gasteiger partial charge on any atom is 0.295 e. The molecule has 0 spiro atoms. The van der Waals surface area contributed by atoms with E-state index in [1.54, 1.807) is 19.1 Å². The minimum Gasteiger partial charge on any atom is -0.379 e. The smallest absolute Gasteiger partial charge is 0.295 e. The predicted octanol–water partition coefficient (Wildman–Crippen LogP) is 3.51. The number of benzene rings is 1. The van der Waals surface area contributed by atoms with Gasteiger partial charge < -0.3 is 5.32 Å². The van der Waals surface area contributed by atoms with Crippen LogP contribution in [-0.2, 0) is 0 Å². The fraction of sp³-hybridized carbons (Fsp3) is 0.538. The van der Waals surface area contributed by atoms with Crippen molar-refractivity contribution in [1.29, 1.82) is 0 Å². The first-order valence-corrected chi connectivity index (χ1v) is 6.16. The van der Waals surface area contributed by atoms with E-state index in [1.807, 2.05) is 6.07 Å². The van der Waals surface area contributed by atoms with Gasteiger partial charge in [0.1, 0.15) is 5.69 Å². The molecule has 0 bridgehead atoms. The van der Waals surface area contributed by atoms with E-state index < -0.39 is 0 Å². The van der Waals surface area contributed by atoms with Gasteiger partial charge >= 0.3 is 0 Å². The summed E-state index contributed by atoms with van der Waals surface area (Å²) in [6, 6.07) is 5.40. The maximum atomic E-state index is 11.0. The van der Waals surface area contributed by atoms with Gasteiger partial charge in [0.05, 0.1) is 4.92 Å². The summed E-state index contributed by atoms with van der Waals surface area (Å²) >= 11 is 0. The molecule has 4 heteroatoms. The standard InChI is InChI=1S/C13H18N2O2/c1-10-4-2-6-12(13(10)15(16)17)14-9-3-5-11-7-8-11/h2,4,6,11,14H,3,5,7-9H2,1H3. The van der Waals surface area contributed by atoms with Crippen molar-refractivity contribution < 1.29 is 4.92 Å². The molecule has 0 aromatic heterocycles. The molecule has 1 saturated carbocycles. The highest BCUT2D eigenvalue weighted by Gasteiger charge is 2.20. The molecular weight excluding hydrogens is 216 g/mol. The largest absolute Gasteiger partial charge is 0.379 e. The minimum absolute atomic E-state index is 0.207. The van der Waals surface area contributed by atoms with Crippen LogP contribution in [0, 0.1) is 23.0 Å². The topological polar surface area (TPSA) is 55.2 Å². The van der Waals surface area contributed by atoms with E-state index in [0.29, 0.717) is 11.3 Å². The van der Waals surface area contributed by atoms with Gasteiger partial charge in [0.15, 0.2) is 0 Å². The van der Waals surface area contributed by atoms with Gasteiger partial charge in [0.2, 0.25) is 0 Å². The number of hydrogen-bond acceptors (Lipinski definition) is 3. The van der Waals surface area contributed by atoms with Crippen molar-refractivity contribution in [3.8, 4) is 0 Å². The predicted molar refractivity (Wildman–Crippen MR) is 68.3 cm³/mol. The number of anilines is 1. The highest BCUT2D eigenvalue weighted by Crippen LogP contribution is 2.33. The average molecular weight is 234 g/mol. The van der Waals surface area contributed by atoms with Crippen LogP contribution in [0.4, 0.5) is 11.4 Å². The van der Waals surface area contributed by atoms with Crippen LogP contribution in [0.25, 0.3) is 0 Å². The molecule has 17 heavy (non-hydrogen) atoms. The zero-order chi connectivity index (χ0) is 12.3. The summed E-state index contributed by atoms with van der Waals surface area (Å²) in [5, 5.41) is 14.1.